The quantitative estimate of drug-likeness (QED) is 0.710. The third-order valence-corrected chi connectivity index (χ3v) is 2.99. The van der Waals surface area contributed by atoms with Crippen molar-refractivity contribution in [1.29, 1.82) is 0 Å². The fourth-order valence-corrected chi connectivity index (χ4v) is 2.20. The van der Waals surface area contributed by atoms with Gasteiger partial charge in [0.25, 0.3) is 0 Å². The van der Waals surface area contributed by atoms with Crippen LogP contribution in [0.1, 0.15) is 18.9 Å². The molecule has 78 valence electrons. The predicted octanol–water partition coefficient (Wildman–Crippen LogP) is 2.39. The number of benzene rings is 1. The molecule has 0 bridgehead atoms. The van der Waals surface area contributed by atoms with Gasteiger partial charge in [-0.15, -0.1) is 0 Å². The lowest BCUT2D eigenvalue weighted by Crippen LogP contribution is -2.21. The molecule has 0 amide bonds. The molecule has 0 spiro atoms. The number of aromatic nitrogens is 2. The summed E-state index contributed by atoms with van der Waals surface area (Å²) < 4.78 is 7.60. The second-order valence-electron chi connectivity index (χ2n) is 4.02. The van der Waals surface area contributed by atoms with E-state index in [-0.39, 0.29) is 0 Å². The van der Waals surface area contributed by atoms with Crippen molar-refractivity contribution in [1.82, 2.24) is 9.78 Å². The molecule has 0 aliphatic carbocycles. The molecule has 3 rings (SSSR count). The molecule has 1 aromatic carbocycles. The van der Waals surface area contributed by atoms with Gasteiger partial charge in [0.1, 0.15) is 0 Å². The van der Waals surface area contributed by atoms with Gasteiger partial charge in [-0.05, 0) is 18.9 Å². The standard InChI is InChI=1S/C12H14N2O/c1-2-6-12-10(4-1)8-13-14(12)11-5-3-7-15-9-11/h1-2,4,6,8,11H,3,5,7,9H2. The summed E-state index contributed by atoms with van der Waals surface area (Å²) in [4.78, 5) is 0. The van der Waals surface area contributed by atoms with Crippen LogP contribution in [-0.4, -0.2) is 23.0 Å². The van der Waals surface area contributed by atoms with Crippen LogP contribution in [0.15, 0.2) is 30.5 Å². The van der Waals surface area contributed by atoms with E-state index in [1.165, 1.54) is 17.3 Å². The van der Waals surface area contributed by atoms with Crippen LogP contribution in [0.2, 0.25) is 0 Å². The van der Waals surface area contributed by atoms with Crippen molar-refractivity contribution in [3.63, 3.8) is 0 Å². The van der Waals surface area contributed by atoms with E-state index >= 15 is 0 Å². The lowest BCUT2D eigenvalue weighted by molar-refractivity contribution is 0.0565. The topological polar surface area (TPSA) is 27.1 Å². The van der Waals surface area contributed by atoms with Crippen LogP contribution in [0.25, 0.3) is 10.9 Å². The van der Waals surface area contributed by atoms with Gasteiger partial charge in [-0.25, -0.2) is 0 Å². The van der Waals surface area contributed by atoms with Gasteiger partial charge in [0.2, 0.25) is 0 Å². The van der Waals surface area contributed by atoms with E-state index in [0.29, 0.717) is 6.04 Å². The minimum Gasteiger partial charge on any atom is -0.379 e. The van der Waals surface area contributed by atoms with Crippen LogP contribution in [0.4, 0.5) is 0 Å². The fourth-order valence-electron chi connectivity index (χ4n) is 2.20. The van der Waals surface area contributed by atoms with Crippen LogP contribution in [0.5, 0.6) is 0 Å². The molecule has 3 heteroatoms. The maximum Gasteiger partial charge on any atom is 0.0760 e. The summed E-state index contributed by atoms with van der Waals surface area (Å²) >= 11 is 0. The molecule has 0 N–H and O–H groups in total. The van der Waals surface area contributed by atoms with Crippen LogP contribution in [-0.2, 0) is 4.74 Å². The Balaban J connectivity index is 2.02. The van der Waals surface area contributed by atoms with Gasteiger partial charge in [-0.3, -0.25) is 4.68 Å². The molecule has 1 unspecified atom stereocenters. The molecule has 1 atom stereocenters. The molecule has 1 aromatic heterocycles. The number of rotatable bonds is 1. The second kappa shape index (κ2) is 3.66. The molecule has 1 aliphatic heterocycles. The Morgan fingerprint density at radius 2 is 2.27 bits per heavy atom. The van der Waals surface area contributed by atoms with Gasteiger partial charge < -0.3 is 4.74 Å². The zero-order valence-corrected chi connectivity index (χ0v) is 8.60. The van der Waals surface area contributed by atoms with E-state index < -0.39 is 0 Å². The molecule has 1 fully saturated rings. The summed E-state index contributed by atoms with van der Waals surface area (Å²) in [7, 11) is 0. The monoisotopic (exact) mass is 202 g/mol. The summed E-state index contributed by atoms with van der Waals surface area (Å²) in [5.74, 6) is 0. The highest BCUT2D eigenvalue weighted by atomic mass is 16.5. The largest absolute Gasteiger partial charge is 0.379 e. The molecule has 3 nitrogen and oxygen atoms in total. The van der Waals surface area contributed by atoms with Crippen molar-refractivity contribution in [3.8, 4) is 0 Å². The summed E-state index contributed by atoms with van der Waals surface area (Å²) in [5.41, 5.74) is 1.22. The Morgan fingerprint density at radius 3 is 3.13 bits per heavy atom. The maximum atomic E-state index is 5.49. The Kier molecular flexibility index (Phi) is 2.18. The van der Waals surface area contributed by atoms with Crippen LogP contribution in [0, 0.1) is 0 Å². The molecular formula is C12H14N2O. The molecule has 1 aliphatic rings. The lowest BCUT2D eigenvalue weighted by atomic mass is 10.1. The summed E-state index contributed by atoms with van der Waals surface area (Å²) in [6.45, 7) is 1.70. The number of nitrogens with zero attached hydrogens (tertiary/aromatic N) is 2. The third kappa shape index (κ3) is 1.53. The van der Waals surface area contributed by atoms with Crippen molar-refractivity contribution in [3.05, 3.63) is 30.5 Å². The van der Waals surface area contributed by atoms with Crippen molar-refractivity contribution >= 4 is 10.9 Å². The zero-order chi connectivity index (χ0) is 10.1. The van der Waals surface area contributed by atoms with Crippen LogP contribution >= 0.6 is 0 Å². The Morgan fingerprint density at radius 1 is 1.33 bits per heavy atom. The van der Waals surface area contributed by atoms with E-state index in [1.807, 2.05) is 12.3 Å². The SMILES string of the molecule is c1ccc2c(c1)cnn2C1CCCOC1. The van der Waals surface area contributed by atoms with Gasteiger partial charge in [-0.1, -0.05) is 18.2 Å². The third-order valence-electron chi connectivity index (χ3n) is 2.99. The molecular weight excluding hydrogens is 188 g/mol. The summed E-state index contributed by atoms with van der Waals surface area (Å²) in [6.07, 6.45) is 4.24. The fraction of sp³-hybridized carbons (Fsp3) is 0.417. The first-order chi connectivity index (χ1) is 7.45. The highest BCUT2D eigenvalue weighted by molar-refractivity contribution is 5.78. The molecule has 15 heavy (non-hydrogen) atoms. The van der Waals surface area contributed by atoms with E-state index in [1.54, 1.807) is 0 Å². The highest BCUT2D eigenvalue weighted by Crippen LogP contribution is 2.23. The van der Waals surface area contributed by atoms with Gasteiger partial charge in [0.05, 0.1) is 24.4 Å². The number of ether oxygens (including phenoxy) is 1. The van der Waals surface area contributed by atoms with E-state index in [0.717, 1.165) is 19.6 Å². The Bertz CT molecular complexity index is 457. The molecule has 1 saturated heterocycles. The van der Waals surface area contributed by atoms with E-state index in [4.69, 9.17) is 4.74 Å². The number of hydrogen-bond acceptors (Lipinski definition) is 2. The Hall–Kier alpha value is -1.35. The first-order valence-electron chi connectivity index (χ1n) is 5.45. The van der Waals surface area contributed by atoms with E-state index in [2.05, 4.69) is 28.0 Å². The molecule has 2 heterocycles. The van der Waals surface area contributed by atoms with Crippen LogP contribution in [0.3, 0.4) is 0 Å². The predicted molar refractivity (Wildman–Crippen MR) is 58.8 cm³/mol. The first kappa shape index (κ1) is 8.92. The smallest absolute Gasteiger partial charge is 0.0760 e. The maximum absolute atomic E-state index is 5.49. The van der Waals surface area contributed by atoms with Crippen LogP contribution < -0.4 is 0 Å². The second-order valence-corrected chi connectivity index (χ2v) is 4.02. The van der Waals surface area contributed by atoms with Gasteiger partial charge >= 0.3 is 0 Å². The van der Waals surface area contributed by atoms with E-state index in [9.17, 15) is 0 Å². The van der Waals surface area contributed by atoms with Gasteiger partial charge in [0, 0.05) is 12.0 Å². The summed E-state index contributed by atoms with van der Waals surface area (Å²) in [6, 6.07) is 8.74. The lowest BCUT2D eigenvalue weighted by Gasteiger charge is -2.23. The Labute approximate surface area is 88.7 Å². The minimum atomic E-state index is 0.415. The normalized spacial score (nSPS) is 22.0. The van der Waals surface area contributed by atoms with Crippen molar-refractivity contribution in [2.24, 2.45) is 0 Å². The summed E-state index contributed by atoms with van der Waals surface area (Å²) in [5, 5.41) is 5.67. The number of hydrogen-bond donors (Lipinski definition) is 0. The zero-order valence-electron chi connectivity index (χ0n) is 8.60. The average molecular weight is 202 g/mol. The number of para-hydroxylation sites is 1. The minimum absolute atomic E-state index is 0.415. The van der Waals surface area contributed by atoms with Gasteiger partial charge in [-0.2, -0.15) is 5.10 Å². The van der Waals surface area contributed by atoms with Crippen molar-refractivity contribution in [2.45, 2.75) is 18.9 Å². The van der Waals surface area contributed by atoms with Crippen molar-refractivity contribution < 1.29 is 4.74 Å². The van der Waals surface area contributed by atoms with Crippen molar-refractivity contribution in [2.75, 3.05) is 13.2 Å². The highest BCUT2D eigenvalue weighted by Gasteiger charge is 2.17. The first-order valence-corrected chi connectivity index (χ1v) is 5.45. The average Bonchev–Trinajstić information content (AvgIpc) is 2.74. The molecule has 0 radical (unpaired) electrons. The number of fused-ring (bicyclic) bond motifs is 1. The molecule has 0 saturated carbocycles. The molecule has 2 aromatic rings. The van der Waals surface area contributed by atoms with Gasteiger partial charge in [0.15, 0.2) is 0 Å².